The predicted molar refractivity (Wildman–Crippen MR) is 96.8 cm³/mol. The van der Waals surface area contributed by atoms with Crippen molar-refractivity contribution in [2.75, 3.05) is 13.1 Å². The summed E-state index contributed by atoms with van der Waals surface area (Å²) in [5, 5.41) is 0. The van der Waals surface area contributed by atoms with E-state index in [0.29, 0.717) is 0 Å². The van der Waals surface area contributed by atoms with Gasteiger partial charge in [-0.25, -0.2) is 0 Å². The van der Waals surface area contributed by atoms with Crippen LogP contribution in [0.15, 0.2) is 0 Å². The number of nitrogens with zero attached hydrogens (tertiary/aromatic N) is 2. The van der Waals surface area contributed by atoms with Crippen molar-refractivity contribution in [1.82, 2.24) is 0 Å². The fourth-order valence-corrected chi connectivity index (χ4v) is 6.65. The zero-order chi connectivity index (χ0) is 16.7. The van der Waals surface area contributed by atoms with Crippen LogP contribution in [0, 0.1) is 0 Å². The van der Waals surface area contributed by atoms with Crippen LogP contribution in [-0.2, 0) is 0 Å². The highest BCUT2D eigenvalue weighted by Gasteiger charge is 2.60. The number of rotatable bonds is 4. The van der Waals surface area contributed by atoms with Gasteiger partial charge in [-0.05, 0) is 68.2 Å². The summed E-state index contributed by atoms with van der Waals surface area (Å²) in [5.74, 6) is 0. The summed E-state index contributed by atoms with van der Waals surface area (Å²) in [6, 6.07) is 4.79. The van der Waals surface area contributed by atoms with Crippen LogP contribution in [0.4, 0.5) is 0 Å². The minimum absolute atomic E-state index is 0.757. The SMILES string of the molecule is CC(C)[N+]1(C(C)C)CC[N+](C(C)C)(C(C)C)[C@H]2CCCC[C@@H]21. The molecule has 0 bridgehead atoms. The number of hydrogen-bond acceptors (Lipinski definition) is 0. The third kappa shape index (κ3) is 2.45. The molecule has 130 valence electrons. The van der Waals surface area contributed by atoms with Gasteiger partial charge in [0.15, 0.2) is 0 Å². The fourth-order valence-electron chi connectivity index (χ4n) is 6.65. The standard InChI is InChI=1S/C20H42N2/c1-15(2)21(16(3)4)13-14-22(17(5)6,18(7)8)20-12-10-9-11-19(20)21/h15-20H,9-14H2,1-8H3/q+2/t19-,20-/m0/s1. The van der Waals surface area contributed by atoms with Gasteiger partial charge >= 0.3 is 0 Å². The van der Waals surface area contributed by atoms with Crippen molar-refractivity contribution < 1.29 is 8.97 Å². The highest BCUT2D eigenvalue weighted by atomic mass is 15.5. The van der Waals surface area contributed by atoms with E-state index in [4.69, 9.17) is 0 Å². The molecule has 0 N–H and O–H groups in total. The van der Waals surface area contributed by atoms with Gasteiger partial charge in [-0.15, -0.1) is 0 Å². The maximum atomic E-state index is 2.48. The molecular weight excluding hydrogens is 268 g/mol. The summed E-state index contributed by atoms with van der Waals surface area (Å²) >= 11 is 0. The molecular formula is C20H42N2+2. The van der Waals surface area contributed by atoms with E-state index in [1.807, 2.05) is 0 Å². The van der Waals surface area contributed by atoms with Crippen molar-refractivity contribution in [1.29, 1.82) is 0 Å². The summed E-state index contributed by atoms with van der Waals surface area (Å²) in [7, 11) is 0. The minimum Gasteiger partial charge on any atom is -0.308 e. The van der Waals surface area contributed by atoms with Gasteiger partial charge in [0.05, 0.1) is 24.2 Å². The topological polar surface area (TPSA) is 0 Å². The van der Waals surface area contributed by atoms with E-state index >= 15 is 0 Å². The van der Waals surface area contributed by atoms with Gasteiger partial charge in [0.1, 0.15) is 25.2 Å². The summed E-state index contributed by atoms with van der Waals surface area (Å²) in [6.45, 7) is 22.6. The van der Waals surface area contributed by atoms with Gasteiger partial charge in [0.2, 0.25) is 0 Å². The molecule has 1 aliphatic carbocycles. The van der Waals surface area contributed by atoms with E-state index in [0.717, 1.165) is 36.3 Å². The lowest BCUT2D eigenvalue weighted by Crippen LogP contribution is -2.82. The Morgan fingerprint density at radius 1 is 0.545 bits per heavy atom. The second-order valence-corrected chi connectivity index (χ2v) is 9.23. The Hall–Kier alpha value is -0.0800. The molecule has 0 unspecified atom stereocenters. The average molecular weight is 311 g/mol. The smallest absolute Gasteiger partial charge is 0.142 e. The van der Waals surface area contributed by atoms with Crippen LogP contribution in [0.5, 0.6) is 0 Å². The van der Waals surface area contributed by atoms with E-state index in [9.17, 15) is 0 Å². The van der Waals surface area contributed by atoms with Crippen LogP contribution in [0.25, 0.3) is 0 Å². The third-order valence-electron chi connectivity index (χ3n) is 7.65. The molecule has 1 saturated heterocycles. The first-order valence-corrected chi connectivity index (χ1v) is 9.95. The van der Waals surface area contributed by atoms with Gasteiger partial charge in [-0.1, -0.05) is 0 Å². The first-order valence-electron chi connectivity index (χ1n) is 9.95. The number of piperazine rings is 1. The number of quaternary nitrogens is 2. The Labute approximate surface area is 140 Å². The van der Waals surface area contributed by atoms with Gasteiger partial charge < -0.3 is 8.97 Å². The molecule has 2 atom stereocenters. The monoisotopic (exact) mass is 310 g/mol. The molecule has 0 amide bonds. The number of fused-ring (bicyclic) bond motifs is 1. The van der Waals surface area contributed by atoms with E-state index in [1.54, 1.807) is 0 Å². The van der Waals surface area contributed by atoms with Gasteiger partial charge in [0.25, 0.3) is 0 Å². The molecule has 0 aromatic rings. The summed E-state index contributed by atoms with van der Waals surface area (Å²) in [5.41, 5.74) is 0. The first-order chi connectivity index (χ1) is 10.2. The lowest BCUT2D eigenvalue weighted by atomic mass is 9.78. The average Bonchev–Trinajstić information content (AvgIpc) is 2.44. The van der Waals surface area contributed by atoms with Crippen LogP contribution in [0.3, 0.4) is 0 Å². The van der Waals surface area contributed by atoms with Crippen molar-refractivity contribution >= 4 is 0 Å². The molecule has 2 nitrogen and oxygen atoms in total. The normalized spacial score (nSPS) is 31.1. The van der Waals surface area contributed by atoms with Crippen molar-refractivity contribution in [2.45, 2.75) is 117 Å². The lowest BCUT2D eigenvalue weighted by Gasteiger charge is -2.65. The highest BCUT2D eigenvalue weighted by Crippen LogP contribution is 2.45. The van der Waals surface area contributed by atoms with Gasteiger partial charge in [0, 0.05) is 12.8 Å². The maximum absolute atomic E-state index is 2.48. The second kappa shape index (κ2) is 6.43. The molecule has 1 saturated carbocycles. The molecule has 1 aliphatic heterocycles. The Balaban J connectivity index is 2.50. The zero-order valence-corrected chi connectivity index (χ0v) is 16.6. The van der Waals surface area contributed by atoms with Crippen LogP contribution in [0.1, 0.15) is 81.1 Å². The Bertz CT molecular complexity index is 318. The highest BCUT2D eigenvalue weighted by molar-refractivity contribution is 4.85. The first kappa shape index (κ1) is 18.3. The largest absolute Gasteiger partial charge is 0.308 e. The molecule has 0 aromatic heterocycles. The Morgan fingerprint density at radius 3 is 1.05 bits per heavy atom. The van der Waals surface area contributed by atoms with Crippen LogP contribution >= 0.6 is 0 Å². The molecule has 2 rings (SSSR count). The molecule has 2 heteroatoms. The number of hydrogen-bond donors (Lipinski definition) is 0. The van der Waals surface area contributed by atoms with E-state index in [1.165, 1.54) is 47.7 Å². The Kier molecular flexibility index (Phi) is 5.34. The van der Waals surface area contributed by atoms with Gasteiger partial charge in [-0.2, -0.15) is 0 Å². The van der Waals surface area contributed by atoms with E-state index in [2.05, 4.69) is 55.4 Å². The molecule has 22 heavy (non-hydrogen) atoms. The summed E-state index contributed by atoms with van der Waals surface area (Å²) < 4.78 is 2.76. The van der Waals surface area contributed by atoms with Gasteiger partial charge in [-0.3, -0.25) is 0 Å². The predicted octanol–water partition coefficient (Wildman–Crippen LogP) is 4.58. The van der Waals surface area contributed by atoms with Crippen LogP contribution in [0.2, 0.25) is 0 Å². The molecule has 0 spiro atoms. The summed E-state index contributed by atoms with van der Waals surface area (Å²) in [4.78, 5) is 0. The minimum atomic E-state index is 0.757. The van der Waals surface area contributed by atoms with Crippen molar-refractivity contribution in [2.24, 2.45) is 0 Å². The molecule has 0 radical (unpaired) electrons. The van der Waals surface area contributed by atoms with Crippen molar-refractivity contribution in [3.63, 3.8) is 0 Å². The van der Waals surface area contributed by atoms with Crippen LogP contribution < -0.4 is 0 Å². The van der Waals surface area contributed by atoms with Crippen molar-refractivity contribution in [3.05, 3.63) is 0 Å². The maximum Gasteiger partial charge on any atom is 0.142 e. The molecule has 2 fully saturated rings. The lowest BCUT2D eigenvalue weighted by molar-refractivity contribution is -1.10. The van der Waals surface area contributed by atoms with E-state index in [-0.39, 0.29) is 0 Å². The second-order valence-electron chi connectivity index (χ2n) is 9.23. The quantitative estimate of drug-likeness (QED) is 0.667. The Morgan fingerprint density at radius 2 is 0.818 bits per heavy atom. The molecule has 2 aliphatic rings. The molecule has 0 aromatic carbocycles. The summed E-state index contributed by atoms with van der Waals surface area (Å²) in [6.07, 6.45) is 5.83. The third-order valence-corrected chi connectivity index (χ3v) is 7.65. The fraction of sp³-hybridized carbons (Fsp3) is 1.00. The van der Waals surface area contributed by atoms with E-state index < -0.39 is 0 Å². The van der Waals surface area contributed by atoms with Crippen molar-refractivity contribution in [3.8, 4) is 0 Å². The zero-order valence-electron chi connectivity index (χ0n) is 16.6. The van der Waals surface area contributed by atoms with Crippen LogP contribution in [-0.4, -0.2) is 58.3 Å². The molecule has 1 heterocycles.